The van der Waals surface area contributed by atoms with Gasteiger partial charge in [-0.3, -0.25) is 4.79 Å². The molecule has 3 rings (SSSR count). The molecule has 23 heavy (non-hydrogen) atoms. The molecule has 1 unspecified atom stereocenters. The first-order valence-corrected chi connectivity index (χ1v) is 7.12. The molecule has 2 heterocycles. The van der Waals surface area contributed by atoms with Gasteiger partial charge in [0.25, 0.3) is 5.91 Å². The number of carboxylic acids is 1. The molecule has 126 valence electrons. The van der Waals surface area contributed by atoms with E-state index in [1.165, 1.54) is 11.1 Å². The number of carbonyl (C=O) groups is 2. The zero-order chi connectivity index (χ0) is 17.2. The van der Waals surface area contributed by atoms with Crippen molar-refractivity contribution in [2.45, 2.75) is 25.6 Å². The summed E-state index contributed by atoms with van der Waals surface area (Å²) in [6.45, 7) is 4.79. The average Bonchev–Trinajstić information content (AvgIpc) is 2.48. The van der Waals surface area contributed by atoms with Crippen LogP contribution in [0.25, 0.3) is 0 Å². The number of hydrogen-bond acceptors (Lipinski definition) is 3. The van der Waals surface area contributed by atoms with Crippen molar-refractivity contribution >= 4 is 11.9 Å². The van der Waals surface area contributed by atoms with Gasteiger partial charge < -0.3 is 15.3 Å². The maximum absolute atomic E-state index is 12.3. The molecule has 0 radical (unpaired) electrons. The lowest BCUT2D eigenvalue weighted by Crippen LogP contribution is -2.56. The lowest BCUT2D eigenvalue weighted by Gasteiger charge is -2.40. The summed E-state index contributed by atoms with van der Waals surface area (Å²) in [6.07, 6.45) is -4.08. The third-order valence-electron chi connectivity index (χ3n) is 3.93. The Morgan fingerprint density at radius 1 is 1.39 bits per heavy atom. The molecule has 2 N–H and O–H groups in total. The second kappa shape index (κ2) is 6.57. The number of fused-ring (bicyclic) bond motifs is 2. The van der Waals surface area contributed by atoms with Gasteiger partial charge in [0.05, 0.1) is 0 Å². The summed E-state index contributed by atoms with van der Waals surface area (Å²) in [5.74, 6) is -2.54. The Hall–Kier alpha value is -2.09. The Morgan fingerprint density at radius 2 is 2.04 bits per heavy atom. The first kappa shape index (κ1) is 17.3. The van der Waals surface area contributed by atoms with Crippen molar-refractivity contribution < 1.29 is 27.9 Å². The number of benzene rings is 1. The van der Waals surface area contributed by atoms with E-state index in [9.17, 15) is 18.0 Å². The van der Waals surface area contributed by atoms with E-state index in [0.717, 1.165) is 31.6 Å². The Balaban J connectivity index is 0.000000236. The number of carbonyl (C=O) groups excluding carboxylic acids is 1. The topological polar surface area (TPSA) is 69.6 Å². The normalized spacial score (nSPS) is 20.1. The van der Waals surface area contributed by atoms with Gasteiger partial charge in [0.15, 0.2) is 0 Å². The molecular weight excluding hydrogens is 313 g/mol. The van der Waals surface area contributed by atoms with Gasteiger partial charge >= 0.3 is 12.1 Å². The zero-order valence-corrected chi connectivity index (χ0v) is 12.5. The van der Waals surface area contributed by atoms with Crippen molar-refractivity contribution in [2.75, 3.05) is 19.6 Å². The average molecular weight is 330 g/mol. The third kappa shape index (κ3) is 3.82. The number of piperazine rings is 1. The summed E-state index contributed by atoms with van der Waals surface area (Å²) >= 11 is 0. The molecule has 1 saturated heterocycles. The number of aliphatic carboxylic acids is 1. The van der Waals surface area contributed by atoms with Crippen LogP contribution >= 0.6 is 0 Å². The second-order valence-electron chi connectivity index (χ2n) is 5.46. The first-order chi connectivity index (χ1) is 10.7. The molecule has 0 bridgehead atoms. The van der Waals surface area contributed by atoms with Gasteiger partial charge in [-0.1, -0.05) is 12.1 Å². The maximum Gasteiger partial charge on any atom is 0.490 e. The van der Waals surface area contributed by atoms with E-state index in [-0.39, 0.29) is 5.91 Å². The van der Waals surface area contributed by atoms with E-state index >= 15 is 0 Å². The van der Waals surface area contributed by atoms with Crippen LogP contribution in [-0.2, 0) is 11.2 Å². The first-order valence-electron chi connectivity index (χ1n) is 7.12. The predicted octanol–water partition coefficient (Wildman–Crippen LogP) is 1.60. The summed E-state index contributed by atoms with van der Waals surface area (Å²) in [7, 11) is 0. The van der Waals surface area contributed by atoms with Crippen LogP contribution in [0.15, 0.2) is 18.2 Å². The summed E-state index contributed by atoms with van der Waals surface area (Å²) < 4.78 is 31.7. The summed E-state index contributed by atoms with van der Waals surface area (Å²) in [4.78, 5) is 23.2. The molecule has 1 aromatic carbocycles. The molecular formula is C15H17F3N2O3. The molecule has 1 aromatic rings. The van der Waals surface area contributed by atoms with Crippen molar-refractivity contribution in [1.82, 2.24) is 10.2 Å². The van der Waals surface area contributed by atoms with Crippen LogP contribution in [0.2, 0.25) is 0 Å². The summed E-state index contributed by atoms with van der Waals surface area (Å²) in [6, 6.07) is 6.39. The van der Waals surface area contributed by atoms with Crippen LogP contribution in [0.4, 0.5) is 13.2 Å². The van der Waals surface area contributed by atoms with E-state index in [0.29, 0.717) is 6.04 Å². The number of rotatable bonds is 0. The Labute approximate surface area is 131 Å². The van der Waals surface area contributed by atoms with Gasteiger partial charge in [-0.05, 0) is 30.5 Å². The number of alkyl halides is 3. The molecule has 8 heteroatoms. The number of amides is 1. The summed E-state index contributed by atoms with van der Waals surface area (Å²) in [5, 5.41) is 10.5. The summed E-state index contributed by atoms with van der Waals surface area (Å²) in [5.41, 5.74) is 3.41. The van der Waals surface area contributed by atoms with Crippen LogP contribution < -0.4 is 5.32 Å². The maximum atomic E-state index is 12.3. The van der Waals surface area contributed by atoms with Crippen LogP contribution in [0.5, 0.6) is 0 Å². The number of halogens is 3. The van der Waals surface area contributed by atoms with E-state index < -0.39 is 12.1 Å². The van der Waals surface area contributed by atoms with Gasteiger partial charge in [0.2, 0.25) is 0 Å². The fraction of sp³-hybridized carbons (Fsp3) is 0.467. The van der Waals surface area contributed by atoms with Crippen LogP contribution in [0, 0.1) is 6.92 Å². The SMILES string of the molecule is Cc1cccc2c1CC1CNCCN1C2=O.O=C(O)C(F)(F)F. The van der Waals surface area contributed by atoms with Crippen molar-refractivity contribution in [3.63, 3.8) is 0 Å². The molecule has 0 aromatic heterocycles. The van der Waals surface area contributed by atoms with Gasteiger partial charge in [-0.15, -0.1) is 0 Å². The van der Waals surface area contributed by atoms with E-state index in [4.69, 9.17) is 9.90 Å². The minimum Gasteiger partial charge on any atom is -0.475 e. The van der Waals surface area contributed by atoms with E-state index in [2.05, 4.69) is 18.3 Å². The zero-order valence-electron chi connectivity index (χ0n) is 12.5. The van der Waals surface area contributed by atoms with E-state index in [1.807, 2.05) is 17.0 Å². The number of hydrogen-bond donors (Lipinski definition) is 2. The highest BCUT2D eigenvalue weighted by Crippen LogP contribution is 2.26. The fourth-order valence-corrected chi connectivity index (χ4v) is 2.77. The molecule has 2 aliphatic rings. The van der Waals surface area contributed by atoms with Gasteiger partial charge in [0, 0.05) is 31.2 Å². The second-order valence-corrected chi connectivity index (χ2v) is 5.46. The molecule has 1 atom stereocenters. The minimum absolute atomic E-state index is 0.219. The highest BCUT2D eigenvalue weighted by Gasteiger charge is 2.38. The van der Waals surface area contributed by atoms with Crippen LogP contribution in [-0.4, -0.2) is 53.7 Å². The predicted molar refractivity (Wildman–Crippen MR) is 76.3 cm³/mol. The number of carboxylic acid groups (broad SMARTS) is 1. The Kier molecular flexibility index (Phi) is 4.93. The van der Waals surface area contributed by atoms with Crippen molar-refractivity contribution in [1.29, 1.82) is 0 Å². The molecule has 2 aliphatic heterocycles. The highest BCUT2D eigenvalue weighted by molar-refractivity contribution is 5.97. The number of aryl methyl sites for hydroxylation is 1. The monoisotopic (exact) mass is 330 g/mol. The minimum atomic E-state index is -5.08. The molecule has 0 aliphatic carbocycles. The Morgan fingerprint density at radius 3 is 2.65 bits per heavy atom. The quantitative estimate of drug-likeness (QED) is 0.758. The van der Waals surface area contributed by atoms with Crippen LogP contribution in [0.3, 0.4) is 0 Å². The molecule has 1 fully saturated rings. The van der Waals surface area contributed by atoms with Crippen molar-refractivity contribution in [2.24, 2.45) is 0 Å². The highest BCUT2D eigenvalue weighted by atomic mass is 19.4. The molecule has 0 saturated carbocycles. The van der Waals surface area contributed by atoms with Crippen molar-refractivity contribution in [3.05, 3.63) is 34.9 Å². The van der Waals surface area contributed by atoms with Gasteiger partial charge in [-0.25, -0.2) is 4.79 Å². The largest absolute Gasteiger partial charge is 0.490 e. The fourth-order valence-electron chi connectivity index (χ4n) is 2.77. The van der Waals surface area contributed by atoms with Crippen molar-refractivity contribution in [3.8, 4) is 0 Å². The molecule has 0 spiro atoms. The van der Waals surface area contributed by atoms with Gasteiger partial charge in [0.1, 0.15) is 0 Å². The number of nitrogens with zero attached hydrogens (tertiary/aromatic N) is 1. The smallest absolute Gasteiger partial charge is 0.475 e. The molecule has 5 nitrogen and oxygen atoms in total. The lowest BCUT2D eigenvalue weighted by atomic mass is 9.89. The van der Waals surface area contributed by atoms with Crippen LogP contribution in [0.1, 0.15) is 21.5 Å². The van der Waals surface area contributed by atoms with E-state index in [1.54, 1.807) is 0 Å². The Bertz CT molecular complexity index is 616. The number of nitrogens with one attached hydrogen (secondary N) is 1. The molecule has 1 amide bonds. The van der Waals surface area contributed by atoms with Gasteiger partial charge in [-0.2, -0.15) is 13.2 Å². The standard InChI is InChI=1S/C13H16N2O.C2HF3O2/c1-9-3-2-4-11-12(9)7-10-8-14-5-6-15(10)13(11)16;3-2(4,5)1(6)7/h2-4,10,14H,5-8H2,1H3;(H,6,7). The lowest BCUT2D eigenvalue weighted by molar-refractivity contribution is -0.192. The third-order valence-corrected chi connectivity index (χ3v) is 3.93.